The molecule has 1 unspecified atom stereocenters. The fraction of sp³-hybridized carbons (Fsp3) is 0.500. The van der Waals surface area contributed by atoms with Gasteiger partial charge in [-0.1, -0.05) is 38.8 Å². The lowest BCUT2D eigenvalue weighted by Crippen LogP contribution is -2.20. The molecule has 0 aliphatic heterocycles. The van der Waals surface area contributed by atoms with Crippen molar-refractivity contribution in [1.29, 1.82) is 0 Å². The Morgan fingerprint density at radius 3 is 2.62 bits per heavy atom. The summed E-state index contributed by atoms with van der Waals surface area (Å²) >= 11 is 1.53. The quantitative estimate of drug-likeness (QED) is 0.498. The summed E-state index contributed by atoms with van der Waals surface area (Å²) in [6, 6.07) is 6.97. The van der Waals surface area contributed by atoms with Gasteiger partial charge in [0, 0.05) is 23.2 Å². The molecule has 5 nitrogen and oxygen atoms in total. The molecule has 0 fully saturated rings. The number of para-hydroxylation sites is 2. The molecular formula is C18H25N3O2S. The Morgan fingerprint density at radius 2 is 1.96 bits per heavy atom. The average Bonchev–Trinajstić information content (AvgIpc) is 2.88. The maximum absolute atomic E-state index is 11.2. The number of nitro groups is 1. The lowest BCUT2D eigenvalue weighted by Gasteiger charge is -2.16. The molecule has 6 heteroatoms. The second-order valence-electron chi connectivity index (χ2n) is 6.56. The molecule has 2 aromatic rings. The van der Waals surface area contributed by atoms with Crippen LogP contribution in [0.3, 0.4) is 0 Å². The Labute approximate surface area is 146 Å². The zero-order chi connectivity index (χ0) is 17.7. The molecular weight excluding hydrogens is 322 g/mol. The normalized spacial score (nSPS) is 13.5. The van der Waals surface area contributed by atoms with Crippen LogP contribution >= 0.6 is 11.3 Å². The molecule has 2 rings (SSSR count). The van der Waals surface area contributed by atoms with E-state index in [2.05, 4.69) is 42.6 Å². The summed E-state index contributed by atoms with van der Waals surface area (Å²) in [5.74, 6) is 0.710. The molecule has 1 aromatic carbocycles. The van der Waals surface area contributed by atoms with Gasteiger partial charge in [-0.3, -0.25) is 10.1 Å². The predicted octanol–water partition coefficient (Wildman–Crippen LogP) is 5.39. The van der Waals surface area contributed by atoms with Gasteiger partial charge in [-0.15, -0.1) is 11.3 Å². The standard InChI is InChI=1S/C18H25N3O2S/c1-13(2)8-7-9-14(3)20-15(4)12-24-18(20)19-16-10-5-6-11-17(16)21(22)23/h5-6,10-14H,7-9H2,1-4H3. The van der Waals surface area contributed by atoms with E-state index in [4.69, 9.17) is 0 Å². The molecule has 1 atom stereocenters. The molecule has 0 aliphatic carbocycles. The Kier molecular flexibility index (Phi) is 6.31. The lowest BCUT2D eigenvalue weighted by atomic mass is 10.0. The van der Waals surface area contributed by atoms with Gasteiger partial charge in [0.05, 0.1) is 4.92 Å². The van der Waals surface area contributed by atoms with E-state index < -0.39 is 0 Å². The van der Waals surface area contributed by atoms with Crippen LogP contribution in [0.25, 0.3) is 0 Å². The van der Waals surface area contributed by atoms with E-state index in [0.717, 1.165) is 16.9 Å². The van der Waals surface area contributed by atoms with E-state index >= 15 is 0 Å². The molecule has 1 aromatic heterocycles. The largest absolute Gasteiger partial charge is 0.318 e. The first-order chi connectivity index (χ1) is 11.4. The van der Waals surface area contributed by atoms with E-state index in [0.29, 0.717) is 17.6 Å². The van der Waals surface area contributed by atoms with E-state index in [1.807, 2.05) is 0 Å². The minimum Gasteiger partial charge on any atom is -0.318 e. The highest BCUT2D eigenvalue weighted by Crippen LogP contribution is 2.26. The summed E-state index contributed by atoms with van der Waals surface area (Å²) in [6.45, 7) is 8.73. The van der Waals surface area contributed by atoms with Gasteiger partial charge in [-0.2, -0.15) is 0 Å². The number of hydrogen-bond acceptors (Lipinski definition) is 4. The highest BCUT2D eigenvalue weighted by Gasteiger charge is 2.14. The number of nitro benzene ring substituents is 1. The molecule has 0 aliphatic rings. The smallest absolute Gasteiger partial charge is 0.294 e. The Morgan fingerprint density at radius 1 is 1.25 bits per heavy atom. The zero-order valence-electron chi connectivity index (χ0n) is 14.7. The molecule has 0 spiro atoms. The molecule has 0 amide bonds. The predicted molar refractivity (Wildman–Crippen MR) is 98.8 cm³/mol. The summed E-state index contributed by atoms with van der Waals surface area (Å²) in [6.07, 6.45) is 3.47. The Balaban J connectivity index is 2.34. The SMILES string of the molecule is Cc1csc(=Nc2ccccc2[N+](=O)[O-])n1C(C)CCCC(C)C. The monoisotopic (exact) mass is 347 g/mol. The van der Waals surface area contributed by atoms with Crippen molar-refractivity contribution in [2.75, 3.05) is 0 Å². The van der Waals surface area contributed by atoms with Gasteiger partial charge in [0.2, 0.25) is 0 Å². The maximum atomic E-state index is 11.2. The van der Waals surface area contributed by atoms with Crippen molar-refractivity contribution in [2.45, 2.75) is 53.0 Å². The van der Waals surface area contributed by atoms with Crippen LogP contribution in [0, 0.1) is 23.0 Å². The zero-order valence-corrected chi connectivity index (χ0v) is 15.5. The van der Waals surface area contributed by atoms with Crippen LogP contribution in [-0.2, 0) is 0 Å². The molecule has 0 saturated heterocycles. The molecule has 0 saturated carbocycles. The summed E-state index contributed by atoms with van der Waals surface area (Å²) in [5.41, 5.74) is 1.60. The van der Waals surface area contributed by atoms with Gasteiger partial charge in [0.25, 0.3) is 5.69 Å². The summed E-state index contributed by atoms with van der Waals surface area (Å²) in [5, 5.41) is 13.2. The number of thiazole rings is 1. The highest BCUT2D eigenvalue weighted by molar-refractivity contribution is 7.07. The van der Waals surface area contributed by atoms with Gasteiger partial charge < -0.3 is 4.57 Å². The molecule has 0 bridgehead atoms. The number of aromatic nitrogens is 1. The molecule has 1 heterocycles. The van der Waals surface area contributed by atoms with Gasteiger partial charge >= 0.3 is 0 Å². The minimum absolute atomic E-state index is 0.0440. The number of nitrogens with zero attached hydrogens (tertiary/aromatic N) is 3. The third-order valence-electron chi connectivity index (χ3n) is 4.06. The van der Waals surface area contributed by atoms with Crippen molar-refractivity contribution in [3.05, 3.63) is 50.3 Å². The Hall–Kier alpha value is -1.95. The first-order valence-corrected chi connectivity index (χ1v) is 9.23. The summed E-state index contributed by atoms with van der Waals surface area (Å²) in [4.78, 5) is 16.2. The average molecular weight is 347 g/mol. The number of benzene rings is 1. The maximum Gasteiger partial charge on any atom is 0.294 e. The minimum atomic E-state index is -0.379. The van der Waals surface area contributed by atoms with Crippen LogP contribution in [0.15, 0.2) is 34.6 Å². The second-order valence-corrected chi connectivity index (χ2v) is 7.40. The van der Waals surface area contributed by atoms with Crippen LogP contribution in [0.4, 0.5) is 11.4 Å². The fourth-order valence-corrected chi connectivity index (χ4v) is 3.76. The van der Waals surface area contributed by atoms with Crippen molar-refractivity contribution in [3.63, 3.8) is 0 Å². The van der Waals surface area contributed by atoms with Gasteiger partial charge in [-0.25, -0.2) is 4.99 Å². The van der Waals surface area contributed by atoms with Crippen LogP contribution < -0.4 is 4.80 Å². The van der Waals surface area contributed by atoms with Crippen molar-refractivity contribution in [3.8, 4) is 0 Å². The number of hydrogen-bond donors (Lipinski definition) is 0. The van der Waals surface area contributed by atoms with Gasteiger partial charge in [-0.05, 0) is 32.3 Å². The first kappa shape index (κ1) is 18.4. The van der Waals surface area contributed by atoms with Crippen LogP contribution in [0.5, 0.6) is 0 Å². The first-order valence-electron chi connectivity index (χ1n) is 8.35. The van der Waals surface area contributed by atoms with E-state index in [-0.39, 0.29) is 10.6 Å². The fourth-order valence-electron chi connectivity index (χ4n) is 2.79. The third kappa shape index (κ3) is 4.54. The van der Waals surface area contributed by atoms with Crippen LogP contribution in [-0.4, -0.2) is 9.49 Å². The summed E-state index contributed by atoms with van der Waals surface area (Å²) < 4.78 is 2.20. The topological polar surface area (TPSA) is 60.4 Å². The molecule has 24 heavy (non-hydrogen) atoms. The van der Waals surface area contributed by atoms with Crippen molar-refractivity contribution in [1.82, 2.24) is 4.57 Å². The van der Waals surface area contributed by atoms with Crippen LogP contribution in [0.2, 0.25) is 0 Å². The van der Waals surface area contributed by atoms with Crippen LogP contribution in [0.1, 0.15) is 51.8 Å². The van der Waals surface area contributed by atoms with E-state index in [1.165, 1.54) is 30.2 Å². The van der Waals surface area contributed by atoms with E-state index in [1.54, 1.807) is 18.2 Å². The van der Waals surface area contributed by atoms with Crippen molar-refractivity contribution in [2.24, 2.45) is 10.9 Å². The number of rotatable bonds is 7. The Bertz CT molecular complexity index is 762. The van der Waals surface area contributed by atoms with Crippen molar-refractivity contribution < 1.29 is 4.92 Å². The van der Waals surface area contributed by atoms with Gasteiger partial charge in [0.1, 0.15) is 5.69 Å². The van der Waals surface area contributed by atoms with Crippen molar-refractivity contribution >= 4 is 22.7 Å². The third-order valence-corrected chi connectivity index (χ3v) is 5.02. The second kappa shape index (κ2) is 8.24. The molecule has 130 valence electrons. The van der Waals surface area contributed by atoms with Gasteiger partial charge in [0.15, 0.2) is 4.80 Å². The highest BCUT2D eigenvalue weighted by atomic mass is 32.1. The molecule has 0 N–H and O–H groups in total. The summed E-state index contributed by atoms with van der Waals surface area (Å²) in [7, 11) is 0. The lowest BCUT2D eigenvalue weighted by molar-refractivity contribution is -0.384. The van der Waals surface area contributed by atoms with E-state index in [9.17, 15) is 10.1 Å². The number of aryl methyl sites for hydroxylation is 1. The molecule has 0 radical (unpaired) electrons.